The molecule has 196 valence electrons. The van der Waals surface area contributed by atoms with Gasteiger partial charge in [0.1, 0.15) is 17.2 Å². The maximum Gasteiger partial charge on any atom is 0.308 e. The van der Waals surface area contributed by atoms with Gasteiger partial charge >= 0.3 is 5.97 Å². The van der Waals surface area contributed by atoms with Crippen LogP contribution in [0.25, 0.3) is 16.6 Å². The quantitative estimate of drug-likeness (QED) is 0.325. The van der Waals surface area contributed by atoms with Crippen molar-refractivity contribution in [2.45, 2.75) is 58.0 Å². The van der Waals surface area contributed by atoms with Gasteiger partial charge in [-0.1, -0.05) is 44.2 Å². The average molecular weight is 504 g/mol. The number of nitrogens with zero attached hydrogens (tertiary/aromatic N) is 2. The van der Waals surface area contributed by atoms with E-state index in [0.29, 0.717) is 0 Å². The van der Waals surface area contributed by atoms with Crippen LogP contribution in [0, 0.1) is 23.6 Å². The molecule has 0 unspecified atom stereocenters. The summed E-state index contributed by atoms with van der Waals surface area (Å²) >= 11 is 0. The molecule has 0 radical (unpaired) electrons. The van der Waals surface area contributed by atoms with Gasteiger partial charge in [-0.25, -0.2) is 9.37 Å². The number of ether oxygens (including phenoxy) is 1. The van der Waals surface area contributed by atoms with Gasteiger partial charge in [0.05, 0.1) is 17.0 Å². The van der Waals surface area contributed by atoms with E-state index in [1.807, 2.05) is 38.1 Å². The van der Waals surface area contributed by atoms with Crippen molar-refractivity contribution in [3.05, 3.63) is 71.8 Å². The number of halogens is 1. The number of nitrogens with one attached hydrogen (secondary N) is 1. The van der Waals surface area contributed by atoms with Gasteiger partial charge in [0.2, 0.25) is 0 Å². The number of imidazole rings is 1. The molecule has 0 saturated heterocycles. The van der Waals surface area contributed by atoms with Crippen LogP contribution in [-0.2, 0) is 16.0 Å². The minimum Gasteiger partial charge on any atom is -0.458 e. The maximum absolute atomic E-state index is 13.9. The number of hydrogen-bond donors (Lipinski definition) is 1. The van der Waals surface area contributed by atoms with Gasteiger partial charge in [-0.05, 0) is 80.6 Å². The highest BCUT2D eigenvalue weighted by atomic mass is 19.1. The monoisotopic (exact) mass is 503 g/mol. The minimum absolute atomic E-state index is 0.124. The largest absolute Gasteiger partial charge is 0.458 e. The first kappa shape index (κ1) is 25.7. The van der Waals surface area contributed by atoms with Crippen molar-refractivity contribution in [3.8, 4) is 0 Å². The predicted octanol–water partition coefficient (Wildman–Crippen LogP) is 6.41. The Morgan fingerprint density at radius 2 is 2.03 bits per heavy atom. The van der Waals surface area contributed by atoms with Crippen LogP contribution in [-0.4, -0.2) is 46.6 Å². The molecular formula is C31H38FN3O2. The summed E-state index contributed by atoms with van der Waals surface area (Å²) in [5.74, 6) is 0.969. The Balaban J connectivity index is 1.24. The van der Waals surface area contributed by atoms with E-state index in [0.717, 1.165) is 74.0 Å². The van der Waals surface area contributed by atoms with Gasteiger partial charge in [-0.3, -0.25) is 4.79 Å². The molecule has 6 heteroatoms. The van der Waals surface area contributed by atoms with Gasteiger partial charge in [-0.15, -0.1) is 0 Å². The number of carbonyl (C=O) groups excluding carboxylic acids is 1. The number of aromatic amines is 1. The molecule has 0 aliphatic heterocycles. The summed E-state index contributed by atoms with van der Waals surface area (Å²) in [5, 5.41) is 0. The van der Waals surface area contributed by atoms with E-state index in [1.54, 1.807) is 12.1 Å². The van der Waals surface area contributed by atoms with Crippen LogP contribution >= 0.6 is 0 Å². The van der Waals surface area contributed by atoms with Gasteiger partial charge in [0, 0.05) is 25.3 Å². The molecule has 1 saturated carbocycles. The normalized spacial score (nSPS) is 23.1. The van der Waals surface area contributed by atoms with Crippen molar-refractivity contribution >= 4 is 22.6 Å². The van der Waals surface area contributed by atoms with Crippen LogP contribution in [0.15, 0.2) is 54.6 Å². The molecule has 1 fully saturated rings. The van der Waals surface area contributed by atoms with Crippen LogP contribution in [0.5, 0.6) is 0 Å². The number of H-pyrrole nitrogens is 1. The molecule has 1 aromatic heterocycles. The third-order valence-corrected chi connectivity index (χ3v) is 8.16. The molecule has 3 aromatic rings. The number of aryl methyl sites for hydroxylation is 1. The molecule has 6 rings (SSSR count). The van der Waals surface area contributed by atoms with Gasteiger partial charge in [0.25, 0.3) is 0 Å². The second-order valence-electron chi connectivity index (χ2n) is 11.2. The molecule has 37 heavy (non-hydrogen) atoms. The molecule has 1 heterocycles. The molecule has 3 aliphatic rings. The SMILES string of the molecule is CC(C)C(=O)O[C@]1(CCN(C)CCCc2nc3ccccc3[nH]2)C[C@@H]2CC[C@H]1C=C2c1cccc(F)c1. The smallest absolute Gasteiger partial charge is 0.308 e. The first-order chi connectivity index (χ1) is 17.8. The number of hydrogen-bond acceptors (Lipinski definition) is 4. The fourth-order valence-corrected chi connectivity index (χ4v) is 6.07. The van der Waals surface area contributed by atoms with Crippen molar-refractivity contribution in [1.29, 1.82) is 0 Å². The summed E-state index contributed by atoms with van der Waals surface area (Å²) in [6.07, 6.45) is 7.86. The lowest BCUT2D eigenvalue weighted by atomic mass is 9.60. The van der Waals surface area contributed by atoms with E-state index in [4.69, 9.17) is 9.72 Å². The van der Waals surface area contributed by atoms with Crippen molar-refractivity contribution in [3.63, 3.8) is 0 Å². The van der Waals surface area contributed by atoms with E-state index in [9.17, 15) is 9.18 Å². The summed E-state index contributed by atoms with van der Waals surface area (Å²) in [6.45, 7) is 5.60. The first-order valence-electron chi connectivity index (χ1n) is 13.7. The van der Waals surface area contributed by atoms with Gasteiger partial charge in [-0.2, -0.15) is 0 Å². The molecule has 0 amide bonds. The van der Waals surface area contributed by atoms with Crippen LogP contribution < -0.4 is 0 Å². The average Bonchev–Trinajstić information content (AvgIpc) is 3.30. The standard InChI is InChI=1S/C31H38FN3O2/c1-21(2)30(36)37-31(20-23-13-14-24(31)19-26(23)22-8-6-9-25(32)18-22)15-17-35(3)16-7-12-29-33-27-10-4-5-11-28(27)34-29/h4-6,8-11,18-19,21,23-24H,7,12-17,20H2,1-3H3,(H,33,34)/t23-,24-,31+/m0/s1. The lowest BCUT2D eigenvalue weighted by molar-refractivity contribution is -0.176. The van der Waals surface area contributed by atoms with Gasteiger partial charge < -0.3 is 14.6 Å². The number of allylic oxidation sites excluding steroid dienone is 1. The Kier molecular flexibility index (Phi) is 7.47. The number of aromatic nitrogens is 2. The fourth-order valence-electron chi connectivity index (χ4n) is 6.07. The second-order valence-corrected chi connectivity index (χ2v) is 11.2. The second kappa shape index (κ2) is 10.8. The molecule has 3 atom stereocenters. The number of carbonyl (C=O) groups is 1. The zero-order valence-electron chi connectivity index (χ0n) is 22.2. The van der Waals surface area contributed by atoms with Crippen molar-refractivity contribution in [1.82, 2.24) is 14.9 Å². The van der Waals surface area contributed by atoms with Crippen LogP contribution in [0.4, 0.5) is 4.39 Å². The van der Waals surface area contributed by atoms with Crippen molar-refractivity contribution in [2.75, 3.05) is 20.1 Å². The predicted molar refractivity (Wildman–Crippen MR) is 145 cm³/mol. The van der Waals surface area contributed by atoms with E-state index in [-0.39, 0.29) is 29.5 Å². The van der Waals surface area contributed by atoms with Crippen molar-refractivity contribution in [2.24, 2.45) is 17.8 Å². The third-order valence-electron chi connectivity index (χ3n) is 8.16. The van der Waals surface area contributed by atoms with E-state index >= 15 is 0 Å². The zero-order valence-corrected chi connectivity index (χ0v) is 22.2. The number of fused-ring (bicyclic) bond motifs is 3. The summed E-state index contributed by atoms with van der Waals surface area (Å²) < 4.78 is 20.3. The zero-order chi connectivity index (χ0) is 26.0. The maximum atomic E-state index is 13.9. The summed E-state index contributed by atoms with van der Waals surface area (Å²) in [7, 11) is 2.14. The molecule has 2 bridgehead atoms. The van der Waals surface area contributed by atoms with Crippen LogP contribution in [0.1, 0.15) is 57.3 Å². The summed E-state index contributed by atoms with van der Waals surface area (Å²) in [6, 6.07) is 15.0. The minimum atomic E-state index is -0.492. The molecule has 2 aromatic carbocycles. The first-order valence-corrected chi connectivity index (χ1v) is 13.7. The third kappa shape index (κ3) is 5.64. The highest BCUT2D eigenvalue weighted by Gasteiger charge is 2.50. The molecule has 1 N–H and O–H groups in total. The number of rotatable bonds is 10. The Morgan fingerprint density at radius 1 is 1.19 bits per heavy atom. The Morgan fingerprint density at radius 3 is 2.76 bits per heavy atom. The highest BCUT2D eigenvalue weighted by molar-refractivity contribution is 5.75. The summed E-state index contributed by atoms with van der Waals surface area (Å²) in [4.78, 5) is 23.3. The van der Waals surface area contributed by atoms with E-state index < -0.39 is 5.60 Å². The molecule has 3 aliphatic carbocycles. The Bertz CT molecular complexity index is 1250. The Hall–Kier alpha value is -2.99. The molecule has 5 nitrogen and oxygen atoms in total. The number of benzene rings is 2. The lowest BCUT2D eigenvalue weighted by Crippen LogP contribution is -2.51. The highest BCUT2D eigenvalue weighted by Crippen LogP contribution is 2.53. The van der Waals surface area contributed by atoms with Gasteiger partial charge in [0.15, 0.2) is 0 Å². The number of para-hydroxylation sites is 2. The van der Waals surface area contributed by atoms with Crippen LogP contribution in [0.2, 0.25) is 0 Å². The molecular weight excluding hydrogens is 465 g/mol. The van der Waals surface area contributed by atoms with Crippen LogP contribution in [0.3, 0.4) is 0 Å². The number of esters is 1. The Labute approximate surface area is 219 Å². The topological polar surface area (TPSA) is 58.2 Å². The van der Waals surface area contributed by atoms with E-state index in [2.05, 4.69) is 29.1 Å². The fraction of sp³-hybridized carbons (Fsp3) is 0.484. The molecule has 0 spiro atoms. The summed E-state index contributed by atoms with van der Waals surface area (Å²) in [5.41, 5.74) is 3.77. The lowest BCUT2D eigenvalue weighted by Gasteiger charge is -2.50. The van der Waals surface area contributed by atoms with E-state index in [1.165, 1.54) is 11.6 Å². The van der Waals surface area contributed by atoms with Crippen molar-refractivity contribution < 1.29 is 13.9 Å².